The Kier molecular flexibility index (Phi) is 4.95. The van der Waals surface area contributed by atoms with Crippen LogP contribution in [0.2, 0.25) is 5.02 Å². The number of aromatic nitrogens is 1. The molecule has 21 heavy (non-hydrogen) atoms. The Balaban J connectivity index is 1.65. The van der Waals surface area contributed by atoms with E-state index in [1.54, 1.807) is 0 Å². The number of ether oxygens (including phenoxy) is 1. The summed E-state index contributed by atoms with van der Waals surface area (Å²) < 4.78 is 5.43. The summed E-state index contributed by atoms with van der Waals surface area (Å²) in [5, 5.41) is 3.87. The Hall–Kier alpha value is -0.880. The van der Waals surface area contributed by atoms with Gasteiger partial charge in [0.1, 0.15) is 5.82 Å². The molecule has 0 aromatic carbocycles. The molecule has 0 aliphatic carbocycles. The predicted octanol–water partition coefficient (Wildman–Crippen LogP) is 1.37. The molecule has 1 aromatic rings. The predicted molar refractivity (Wildman–Crippen MR) is 85.0 cm³/mol. The quantitative estimate of drug-likeness (QED) is 0.909. The summed E-state index contributed by atoms with van der Waals surface area (Å²) in [6, 6.07) is 2.62. The average Bonchev–Trinajstić information content (AvgIpc) is 2.98. The smallest absolute Gasteiger partial charge is 0.147 e. The van der Waals surface area contributed by atoms with E-state index in [9.17, 15) is 0 Å². The van der Waals surface area contributed by atoms with Crippen LogP contribution in [0.5, 0.6) is 0 Å². The van der Waals surface area contributed by atoms with Gasteiger partial charge in [0.15, 0.2) is 0 Å². The third-order valence-electron chi connectivity index (χ3n) is 4.28. The maximum Gasteiger partial charge on any atom is 0.147 e. The van der Waals surface area contributed by atoms with Gasteiger partial charge < -0.3 is 15.0 Å². The number of nitrogens with zero attached hydrogens (tertiary/aromatic N) is 3. The first kappa shape index (κ1) is 15.0. The Morgan fingerprint density at radius 2 is 2.19 bits per heavy atom. The van der Waals surface area contributed by atoms with E-state index in [1.165, 1.54) is 6.42 Å². The molecule has 2 fully saturated rings. The summed E-state index contributed by atoms with van der Waals surface area (Å²) in [4.78, 5) is 9.41. The third-order valence-corrected chi connectivity index (χ3v) is 4.56. The third kappa shape index (κ3) is 3.48. The molecule has 0 spiro atoms. The van der Waals surface area contributed by atoms with E-state index < -0.39 is 0 Å². The molecule has 116 valence electrons. The molecular formula is C15H23ClN4O. The van der Waals surface area contributed by atoms with E-state index in [0.717, 1.165) is 62.3 Å². The summed E-state index contributed by atoms with van der Waals surface area (Å²) in [6.07, 6.45) is 3.09. The fourth-order valence-electron chi connectivity index (χ4n) is 3.18. The van der Waals surface area contributed by atoms with Crippen molar-refractivity contribution in [3.63, 3.8) is 0 Å². The summed E-state index contributed by atoms with van der Waals surface area (Å²) in [7, 11) is 1.93. The number of nitrogens with one attached hydrogen (secondary N) is 1. The van der Waals surface area contributed by atoms with Gasteiger partial charge in [0.05, 0.1) is 18.2 Å². The number of hydrogen-bond donors (Lipinski definition) is 1. The Morgan fingerprint density at radius 3 is 2.90 bits per heavy atom. The fraction of sp³-hybridized carbons (Fsp3) is 0.667. The van der Waals surface area contributed by atoms with Gasteiger partial charge in [-0.2, -0.15) is 0 Å². The van der Waals surface area contributed by atoms with E-state index in [2.05, 4.69) is 20.1 Å². The minimum atomic E-state index is 0.601. The molecule has 2 saturated heterocycles. The van der Waals surface area contributed by atoms with Gasteiger partial charge >= 0.3 is 0 Å². The Bertz CT molecular complexity index is 479. The molecule has 0 saturated carbocycles. The van der Waals surface area contributed by atoms with Crippen LogP contribution in [-0.2, 0) is 11.3 Å². The van der Waals surface area contributed by atoms with Crippen LogP contribution in [0.15, 0.2) is 12.3 Å². The highest BCUT2D eigenvalue weighted by atomic mass is 35.5. The molecule has 1 aromatic heterocycles. The topological polar surface area (TPSA) is 40.6 Å². The number of hydrogen-bond acceptors (Lipinski definition) is 5. The molecule has 1 unspecified atom stereocenters. The molecule has 5 nitrogen and oxygen atoms in total. The standard InChI is InChI=1S/C15H23ClN4O/c1-17-9-12-8-14(16)15(18-10-12)20-3-2-13(11-20)19-4-6-21-7-5-19/h8,10,13,17H,2-7,9,11H2,1H3. The minimum absolute atomic E-state index is 0.601. The van der Waals surface area contributed by atoms with Crippen LogP contribution in [0.3, 0.4) is 0 Å². The van der Waals surface area contributed by atoms with Gasteiger partial charge in [-0.15, -0.1) is 0 Å². The Morgan fingerprint density at radius 1 is 1.38 bits per heavy atom. The van der Waals surface area contributed by atoms with Crippen LogP contribution < -0.4 is 10.2 Å². The molecular weight excluding hydrogens is 288 g/mol. The molecule has 1 atom stereocenters. The number of morpholine rings is 1. The second-order valence-electron chi connectivity index (χ2n) is 5.72. The molecule has 0 radical (unpaired) electrons. The van der Waals surface area contributed by atoms with Gasteiger partial charge in [-0.05, 0) is 25.1 Å². The highest BCUT2D eigenvalue weighted by molar-refractivity contribution is 6.33. The number of pyridine rings is 1. The normalized spacial score (nSPS) is 23.7. The van der Waals surface area contributed by atoms with Crippen molar-refractivity contribution in [3.05, 3.63) is 22.8 Å². The first-order chi connectivity index (χ1) is 10.3. The molecule has 6 heteroatoms. The maximum atomic E-state index is 6.41. The van der Waals surface area contributed by atoms with Crippen LogP contribution in [-0.4, -0.2) is 62.4 Å². The molecule has 2 aliphatic heterocycles. The Labute approximate surface area is 131 Å². The van der Waals surface area contributed by atoms with E-state index in [-0.39, 0.29) is 0 Å². The van der Waals surface area contributed by atoms with Crippen molar-refractivity contribution in [1.82, 2.24) is 15.2 Å². The zero-order valence-corrected chi connectivity index (χ0v) is 13.3. The number of rotatable bonds is 4. The van der Waals surface area contributed by atoms with Gasteiger partial charge in [0.25, 0.3) is 0 Å². The first-order valence-electron chi connectivity index (χ1n) is 7.63. The second-order valence-corrected chi connectivity index (χ2v) is 6.12. The lowest BCUT2D eigenvalue weighted by Gasteiger charge is -2.32. The fourth-order valence-corrected chi connectivity index (χ4v) is 3.49. The summed E-state index contributed by atoms with van der Waals surface area (Å²) in [5.74, 6) is 0.923. The largest absolute Gasteiger partial charge is 0.379 e. The summed E-state index contributed by atoms with van der Waals surface area (Å²) in [6.45, 7) is 6.63. The lowest BCUT2D eigenvalue weighted by atomic mass is 10.2. The first-order valence-corrected chi connectivity index (χ1v) is 8.01. The number of anilines is 1. The highest BCUT2D eigenvalue weighted by Gasteiger charge is 2.30. The van der Waals surface area contributed by atoms with Crippen molar-refractivity contribution in [3.8, 4) is 0 Å². The van der Waals surface area contributed by atoms with Crippen molar-refractivity contribution in [2.45, 2.75) is 19.0 Å². The molecule has 0 amide bonds. The lowest BCUT2D eigenvalue weighted by molar-refractivity contribution is 0.0209. The van der Waals surface area contributed by atoms with Gasteiger partial charge in [-0.25, -0.2) is 4.98 Å². The van der Waals surface area contributed by atoms with E-state index in [4.69, 9.17) is 16.3 Å². The van der Waals surface area contributed by atoms with E-state index in [1.807, 2.05) is 19.3 Å². The summed E-state index contributed by atoms with van der Waals surface area (Å²) >= 11 is 6.41. The van der Waals surface area contributed by atoms with Crippen molar-refractivity contribution < 1.29 is 4.74 Å². The zero-order chi connectivity index (χ0) is 14.7. The minimum Gasteiger partial charge on any atom is -0.379 e. The van der Waals surface area contributed by atoms with Gasteiger partial charge in [0, 0.05) is 45.0 Å². The SMILES string of the molecule is CNCc1cnc(N2CCC(N3CCOCC3)C2)c(Cl)c1. The molecule has 1 N–H and O–H groups in total. The molecule has 3 heterocycles. The van der Waals surface area contributed by atoms with Crippen LogP contribution in [0, 0.1) is 0 Å². The van der Waals surface area contributed by atoms with E-state index >= 15 is 0 Å². The van der Waals surface area contributed by atoms with E-state index in [0.29, 0.717) is 6.04 Å². The monoisotopic (exact) mass is 310 g/mol. The maximum absolute atomic E-state index is 6.41. The summed E-state index contributed by atoms with van der Waals surface area (Å²) in [5.41, 5.74) is 1.12. The van der Waals surface area contributed by atoms with Crippen LogP contribution in [0.1, 0.15) is 12.0 Å². The number of halogens is 1. The van der Waals surface area contributed by atoms with Crippen molar-refractivity contribution in [1.29, 1.82) is 0 Å². The van der Waals surface area contributed by atoms with Crippen molar-refractivity contribution >= 4 is 17.4 Å². The van der Waals surface area contributed by atoms with Crippen LogP contribution in [0.25, 0.3) is 0 Å². The van der Waals surface area contributed by atoms with Crippen LogP contribution >= 0.6 is 11.6 Å². The molecule has 2 aliphatic rings. The average molecular weight is 311 g/mol. The van der Waals surface area contributed by atoms with Crippen molar-refractivity contribution in [2.24, 2.45) is 0 Å². The second kappa shape index (κ2) is 6.92. The molecule has 3 rings (SSSR count). The van der Waals surface area contributed by atoms with Gasteiger partial charge in [0.2, 0.25) is 0 Å². The van der Waals surface area contributed by atoms with Crippen molar-refractivity contribution in [2.75, 3.05) is 51.3 Å². The lowest BCUT2D eigenvalue weighted by Crippen LogP contribution is -2.44. The molecule has 0 bridgehead atoms. The van der Waals surface area contributed by atoms with Gasteiger partial charge in [-0.3, -0.25) is 4.90 Å². The van der Waals surface area contributed by atoms with Gasteiger partial charge in [-0.1, -0.05) is 11.6 Å². The zero-order valence-electron chi connectivity index (χ0n) is 12.5. The highest BCUT2D eigenvalue weighted by Crippen LogP contribution is 2.28. The van der Waals surface area contributed by atoms with Crippen LogP contribution in [0.4, 0.5) is 5.82 Å².